The van der Waals surface area contributed by atoms with Crippen LogP contribution in [0, 0.1) is 11.8 Å². The average Bonchev–Trinajstić information content (AvgIpc) is 3.52. The molecule has 192 valence electrons. The van der Waals surface area contributed by atoms with Crippen molar-refractivity contribution >= 4 is 17.6 Å². The zero-order chi connectivity index (χ0) is 25.7. The van der Waals surface area contributed by atoms with Crippen molar-refractivity contribution < 1.29 is 33.6 Å². The van der Waals surface area contributed by atoms with E-state index in [1.165, 1.54) is 14.2 Å². The molecule has 2 N–H and O–H groups in total. The summed E-state index contributed by atoms with van der Waals surface area (Å²) in [6, 6.07) is 14.9. The molecule has 9 heteroatoms. The van der Waals surface area contributed by atoms with Gasteiger partial charge in [0.1, 0.15) is 0 Å². The van der Waals surface area contributed by atoms with E-state index in [4.69, 9.17) is 35.3 Å². The summed E-state index contributed by atoms with van der Waals surface area (Å²) in [7, 11) is 2.96. The number of phenolic OH excluding ortho intramolecular Hbond substituents is 1. The van der Waals surface area contributed by atoms with Gasteiger partial charge in [-0.1, -0.05) is 23.7 Å². The molecule has 2 heterocycles. The van der Waals surface area contributed by atoms with Crippen LogP contribution in [0.2, 0.25) is 5.02 Å². The van der Waals surface area contributed by atoms with Gasteiger partial charge in [0, 0.05) is 29.4 Å². The number of benzene rings is 3. The Morgan fingerprint density at radius 2 is 1.70 bits per heavy atom. The molecule has 8 nitrogen and oxygen atoms in total. The minimum absolute atomic E-state index is 0.0953. The van der Waals surface area contributed by atoms with Crippen LogP contribution in [0.4, 0.5) is 0 Å². The van der Waals surface area contributed by atoms with Crippen LogP contribution in [0.3, 0.4) is 0 Å². The van der Waals surface area contributed by atoms with Gasteiger partial charge in [0.2, 0.25) is 12.5 Å². The number of methoxy groups -OCH3 is 2. The second-order valence-corrected chi connectivity index (χ2v) is 9.83. The second-order valence-electron chi connectivity index (χ2n) is 9.39. The van der Waals surface area contributed by atoms with Gasteiger partial charge in [-0.3, -0.25) is 4.79 Å². The zero-order valence-corrected chi connectivity index (χ0v) is 21.1. The molecule has 6 rings (SSSR count). The summed E-state index contributed by atoms with van der Waals surface area (Å²) in [4.78, 5) is 13.2. The van der Waals surface area contributed by atoms with Crippen molar-refractivity contribution in [1.29, 1.82) is 0 Å². The Bertz CT molecular complexity index is 1350. The summed E-state index contributed by atoms with van der Waals surface area (Å²) < 4.78 is 27.9. The molecule has 1 saturated heterocycles. The third-order valence-corrected chi connectivity index (χ3v) is 7.70. The summed E-state index contributed by atoms with van der Waals surface area (Å²) in [5.41, 5.74) is 3.73. The molecule has 0 saturated carbocycles. The van der Waals surface area contributed by atoms with Gasteiger partial charge in [0.25, 0.3) is 0 Å². The van der Waals surface area contributed by atoms with Gasteiger partial charge in [-0.2, -0.15) is 0 Å². The van der Waals surface area contributed by atoms with Gasteiger partial charge in [-0.25, -0.2) is 0 Å². The van der Waals surface area contributed by atoms with Crippen molar-refractivity contribution in [2.75, 3.05) is 27.6 Å². The van der Waals surface area contributed by atoms with Crippen LogP contribution in [0.5, 0.6) is 28.7 Å². The normalized spacial score (nSPS) is 23.3. The van der Waals surface area contributed by atoms with E-state index in [-0.39, 0.29) is 54.5 Å². The van der Waals surface area contributed by atoms with Gasteiger partial charge in [-0.05, 0) is 58.7 Å². The summed E-state index contributed by atoms with van der Waals surface area (Å²) in [5, 5.41) is 14.8. The minimum Gasteiger partial charge on any atom is -0.502 e. The van der Waals surface area contributed by atoms with Crippen molar-refractivity contribution in [3.05, 3.63) is 75.8 Å². The van der Waals surface area contributed by atoms with Crippen LogP contribution in [-0.2, 0) is 16.1 Å². The van der Waals surface area contributed by atoms with E-state index < -0.39 is 5.92 Å². The first-order valence-corrected chi connectivity index (χ1v) is 12.4. The molecule has 3 aromatic carbocycles. The summed E-state index contributed by atoms with van der Waals surface area (Å²) in [5.74, 6) is 0.468. The maximum absolute atomic E-state index is 13.2. The number of carbonyl (C=O) groups is 1. The molecular formula is C28H26ClNO7. The lowest BCUT2D eigenvalue weighted by molar-refractivity contribution is -0.141. The lowest BCUT2D eigenvalue weighted by atomic mass is 9.65. The third kappa shape index (κ3) is 4.01. The largest absolute Gasteiger partial charge is 0.502 e. The average molecular weight is 524 g/mol. The van der Waals surface area contributed by atoms with Crippen LogP contribution < -0.4 is 24.3 Å². The van der Waals surface area contributed by atoms with Gasteiger partial charge in [-0.15, -0.1) is 0 Å². The van der Waals surface area contributed by atoms with E-state index in [2.05, 4.69) is 5.32 Å². The van der Waals surface area contributed by atoms with Crippen LogP contribution in [0.1, 0.15) is 34.2 Å². The van der Waals surface area contributed by atoms with Crippen LogP contribution in [-0.4, -0.2) is 38.7 Å². The summed E-state index contributed by atoms with van der Waals surface area (Å²) >= 11 is 6.21. The highest BCUT2D eigenvalue weighted by atomic mass is 35.5. The predicted molar refractivity (Wildman–Crippen MR) is 135 cm³/mol. The lowest BCUT2D eigenvalue weighted by Gasteiger charge is -2.39. The van der Waals surface area contributed by atoms with Gasteiger partial charge < -0.3 is 34.1 Å². The van der Waals surface area contributed by atoms with E-state index in [1.807, 2.05) is 36.4 Å². The van der Waals surface area contributed by atoms with E-state index >= 15 is 0 Å². The number of aromatic hydroxyl groups is 1. The molecule has 1 aliphatic carbocycles. The Morgan fingerprint density at radius 3 is 2.38 bits per heavy atom. The number of phenols is 1. The molecule has 0 spiro atoms. The van der Waals surface area contributed by atoms with Crippen molar-refractivity contribution in [2.45, 2.75) is 18.5 Å². The third-order valence-electron chi connectivity index (χ3n) is 7.46. The SMILES string of the molecule is COc1cc([C@@H]2c3cc4c(cc3[C@@H](NCc3cccc(Cl)c3)[C@H]3COC(=O)[C@H]23)OCO4)cc(OC)c1O. The highest BCUT2D eigenvalue weighted by molar-refractivity contribution is 6.30. The fourth-order valence-electron chi connectivity index (χ4n) is 5.79. The van der Waals surface area contributed by atoms with Crippen molar-refractivity contribution in [3.8, 4) is 28.7 Å². The van der Waals surface area contributed by atoms with Crippen molar-refractivity contribution in [1.82, 2.24) is 5.32 Å². The predicted octanol–water partition coefficient (Wildman–Crippen LogP) is 4.56. The van der Waals surface area contributed by atoms with E-state index in [9.17, 15) is 9.90 Å². The number of hydrogen-bond donors (Lipinski definition) is 2. The molecule has 4 atom stereocenters. The maximum atomic E-state index is 13.2. The monoisotopic (exact) mass is 523 g/mol. The second kappa shape index (κ2) is 9.36. The van der Waals surface area contributed by atoms with Crippen molar-refractivity contribution in [2.24, 2.45) is 11.8 Å². The summed E-state index contributed by atoms with van der Waals surface area (Å²) in [6.45, 7) is 0.981. The first-order chi connectivity index (χ1) is 18.0. The number of hydrogen-bond acceptors (Lipinski definition) is 8. The number of halogens is 1. The molecular weight excluding hydrogens is 498 g/mol. The molecule has 0 amide bonds. The Balaban J connectivity index is 1.49. The molecule has 0 unspecified atom stereocenters. The van der Waals surface area contributed by atoms with E-state index in [0.29, 0.717) is 23.1 Å². The fourth-order valence-corrected chi connectivity index (χ4v) is 6.01. The van der Waals surface area contributed by atoms with Gasteiger partial charge in [0.05, 0.1) is 26.7 Å². The lowest BCUT2D eigenvalue weighted by Crippen LogP contribution is -2.40. The number of esters is 1. The number of ether oxygens (including phenoxy) is 5. The minimum atomic E-state index is -0.469. The standard InChI is InChI=1S/C28H26ClNO7/c1-33-22-7-15(8-23(34-2)27(22)31)24-17-9-20-21(37-13-36-20)10-18(17)26(19-12-35-28(32)25(19)24)30-11-14-4-3-5-16(29)6-14/h3-10,19,24-26,30-31H,11-13H2,1-2H3/t19-,24+,25-,26+/m0/s1. The topological polar surface area (TPSA) is 95.5 Å². The molecule has 37 heavy (non-hydrogen) atoms. The molecule has 0 aromatic heterocycles. The zero-order valence-electron chi connectivity index (χ0n) is 20.3. The quantitative estimate of drug-likeness (QED) is 0.454. The number of fused-ring (bicyclic) bond motifs is 3. The van der Waals surface area contributed by atoms with Crippen LogP contribution in [0.25, 0.3) is 0 Å². The Morgan fingerprint density at radius 1 is 1.00 bits per heavy atom. The molecule has 1 fully saturated rings. The van der Waals surface area contributed by atoms with E-state index in [0.717, 1.165) is 22.3 Å². The Kier molecular flexibility index (Phi) is 6.01. The Hall–Kier alpha value is -3.62. The first kappa shape index (κ1) is 23.8. The molecule has 3 aromatic rings. The number of cyclic esters (lactones) is 1. The number of nitrogens with one attached hydrogen (secondary N) is 1. The number of carbonyl (C=O) groups excluding carboxylic acids is 1. The molecule has 0 bridgehead atoms. The van der Waals surface area contributed by atoms with Crippen molar-refractivity contribution in [3.63, 3.8) is 0 Å². The molecule has 3 aliphatic rings. The fraction of sp³-hybridized carbons (Fsp3) is 0.321. The first-order valence-electron chi connectivity index (χ1n) is 12.0. The highest BCUT2D eigenvalue weighted by Gasteiger charge is 2.52. The van der Waals surface area contributed by atoms with Crippen LogP contribution in [0.15, 0.2) is 48.5 Å². The maximum Gasteiger partial charge on any atom is 0.310 e. The Labute approximate surface area is 219 Å². The molecule has 2 aliphatic heterocycles. The van der Waals surface area contributed by atoms with Gasteiger partial charge >= 0.3 is 5.97 Å². The summed E-state index contributed by atoms with van der Waals surface area (Å²) in [6.07, 6.45) is 0. The van der Waals surface area contributed by atoms with Gasteiger partial charge in [0.15, 0.2) is 23.0 Å². The highest BCUT2D eigenvalue weighted by Crippen LogP contribution is 2.55. The molecule has 0 radical (unpaired) electrons. The van der Waals surface area contributed by atoms with E-state index in [1.54, 1.807) is 12.1 Å². The number of rotatable bonds is 6. The van der Waals surface area contributed by atoms with Crippen LogP contribution >= 0.6 is 11.6 Å². The smallest absolute Gasteiger partial charge is 0.310 e.